The number of aromatic nitrogens is 2. The number of thioether (sulfide) groups is 1. The number of piperazine rings is 1. The number of amides is 1. The van der Waals surface area contributed by atoms with E-state index >= 15 is 0 Å². The molecule has 1 fully saturated rings. The van der Waals surface area contributed by atoms with Gasteiger partial charge in [0.05, 0.1) is 18.6 Å². The lowest BCUT2D eigenvalue weighted by molar-refractivity contribution is -0.113. The van der Waals surface area contributed by atoms with Gasteiger partial charge in [-0.3, -0.25) is 4.79 Å². The number of benzene rings is 1. The molecule has 8 nitrogen and oxygen atoms in total. The van der Waals surface area contributed by atoms with Crippen LogP contribution in [0.1, 0.15) is 17.7 Å². The molecule has 2 aliphatic rings. The molecule has 30 heavy (non-hydrogen) atoms. The molecule has 160 valence electrons. The number of hydrogen-bond acceptors (Lipinski definition) is 7. The molecule has 0 radical (unpaired) electrons. The molecule has 2 heterocycles. The number of methoxy groups -OCH3 is 1. The standard InChI is InChI=1S/C21H27N5O3S/c1-24-9-11-25(12-10-24)26-18-8-4-7-17(18)20(23-21(26)28)30-14-19(27)22-15-5-3-6-16(13-15)29-2/h3,5-6,13H,4,7-12,14H2,1-2H3,(H,22,27). The quantitative estimate of drug-likeness (QED) is 0.549. The molecule has 0 spiro atoms. The molecular formula is C21H27N5O3S. The van der Waals surface area contributed by atoms with Crippen LogP contribution in [0.15, 0.2) is 34.1 Å². The Morgan fingerprint density at radius 2 is 2.03 bits per heavy atom. The zero-order chi connectivity index (χ0) is 21.1. The third-order valence-electron chi connectivity index (χ3n) is 5.54. The first-order chi connectivity index (χ1) is 14.5. The van der Waals surface area contributed by atoms with Crippen molar-refractivity contribution < 1.29 is 9.53 Å². The van der Waals surface area contributed by atoms with Crippen molar-refractivity contribution in [3.63, 3.8) is 0 Å². The predicted octanol–water partition coefficient (Wildman–Crippen LogP) is 1.35. The fourth-order valence-electron chi connectivity index (χ4n) is 3.95. The van der Waals surface area contributed by atoms with Crippen LogP contribution in [-0.4, -0.2) is 66.6 Å². The van der Waals surface area contributed by atoms with Crippen LogP contribution in [0.3, 0.4) is 0 Å². The highest BCUT2D eigenvalue weighted by Gasteiger charge is 2.26. The number of anilines is 1. The van der Waals surface area contributed by atoms with Gasteiger partial charge in [0.15, 0.2) is 0 Å². The van der Waals surface area contributed by atoms with Crippen LogP contribution in [0.25, 0.3) is 0 Å². The van der Waals surface area contributed by atoms with Gasteiger partial charge in [-0.15, -0.1) is 0 Å². The van der Waals surface area contributed by atoms with Gasteiger partial charge in [-0.2, -0.15) is 4.98 Å². The monoisotopic (exact) mass is 429 g/mol. The number of carbonyl (C=O) groups is 1. The average molecular weight is 430 g/mol. The zero-order valence-electron chi connectivity index (χ0n) is 17.4. The Hall–Kier alpha value is -2.52. The van der Waals surface area contributed by atoms with E-state index in [4.69, 9.17) is 4.74 Å². The van der Waals surface area contributed by atoms with Gasteiger partial charge >= 0.3 is 5.69 Å². The minimum atomic E-state index is -0.240. The minimum Gasteiger partial charge on any atom is -0.497 e. The van der Waals surface area contributed by atoms with E-state index in [-0.39, 0.29) is 17.3 Å². The highest BCUT2D eigenvalue weighted by atomic mass is 32.2. The van der Waals surface area contributed by atoms with E-state index < -0.39 is 0 Å². The van der Waals surface area contributed by atoms with Crippen LogP contribution < -0.4 is 20.8 Å². The van der Waals surface area contributed by atoms with Gasteiger partial charge in [0, 0.05) is 43.5 Å². The summed E-state index contributed by atoms with van der Waals surface area (Å²) in [5.41, 5.74) is 2.63. The Morgan fingerprint density at radius 3 is 2.80 bits per heavy atom. The summed E-state index contributed by atoms with van der Waals surface area (Å²) in [7, 11) is 3.69. The van der Waals surface area contributed by atoms with Crippen LogP contribution in [0, 0.1) is 0 Å². The highest BCUT2D eigenvalue weighted by molar-refractivity contribution is 8.00. The van der Waals surface area contributed by atoms with E-state index in [1.165, 1.54) is 11.8 Å². The summed E-state index contributed by atoms with van der Waals surface area (Å²) in [5, 5.41) is 5.68. The first kappa shape index (κ1) is 20.7. The molecule has 1 aromatic heterocycles. The third-order valence-corrected chi connectivity index (χ3v) is 6.55. The summed E-state index contributed by atoms with van der Waals surface area (Å²) in [6, 6.07) is 7.25. The van der Waals surface area contributed by atoms with Crippen molar-refractivity contribution in [2.75, 3.05) is 56.4 Å². The molecule has 1 N–H and O–H groups in total. The van der Waals surface area contributed by atoms with E-state index in [0.29, 0.717) is 16.5 Å². The molecule has 2 aromatic rings. The summed E-state index contributed by atoms with van der Waals surface area (Å²) in [4.78, 5) is 31.9. The van der Waals surface area contributed by atoms with Crippen LogP contribution in [0.5, 0.6) is 5.75 Å². The van der Waals surface area contributed by atoms with E-state index in [0.717, 1.165) is 56.7 Å². The van der Waals surface area contributed by atoms with Crippen molar-refractivity contribution in [1.82, 2.24) is 14.6 Å². The largest absolute Gasteiger partial charge is 0.497 e. The second-order valence-corrected chi connectivity index (χ2v) is 8.58. The summed E-state index contributed by atoms with van der Waals surface area (Å²) < 4.78 is 6.97. The lowest BCUT2D eigenvalue weighted by Crippen LogP contribution is -2.54. The van der Waals surface area contributed by atoms with Gasteiger partial charge in [0.25, 0.3) is 0 Å². The molecule has 0 bridgehead atoms. The Balaban J connectivity index is 1.47. The van der Waals surface area contributed by atoms with Crippen molar-refractivity contribution in [3.8, 4) is 5.75 Å². The summed E-state index contributed by atoms with van der Waals surface area (Å²) in [6.45, 7) is 3.50. The van der Waals surface area contributed by atoms with Crippen molar-refractivity contribution in [1.29, 1.82) is 0 Å². The third kappa shape index (κ3) is 4.46. The van der Waals surface area contributed by atoms with Crippen LogP contribution in [0.4, 0.5) is 5.69 Å². The van der Waals surface area contributed by atoms with Crippen LogP contribution in [0.2, 0.25) is 0 Å². The maximum Gasteiger partial charge on any atom is 0.367 e. The Kier molecular flexibility index (Phi) is 6.29. The van der Waals surface area contributed by atoms with Crippen molar-refractivity contribution in [2.45, 2.75) is 24.3 Å². The van der Waals surface area contributed by atoms with Gasteiger partial charge in [-0.25, -0.2) is 9.47 Å². The molecule has 0 atom stereocenters. The first-order valence-corrected chi connectivity index (χ1v) is 11.2. The number of fused-ring (bicyclic) bond motifs is 1. The Labute approximate surface area is 180 Å². The minimum absolute atomic E-state index is 0.134. The molecule has 1 saturated heterocycles. The Bertz CT molecular complexity index is 985. The fourth-order valence-corrected chi connectivity index (χ4v) is 4.82. The van der Waals surface area contributed by atoms with Crippen molar-refractivity contribution in [3.05, 3.63) is 46.0 Å². The van der Waals surface area contributed by atoms with Gasteiger partial charge < -0.3 is 20.0 Å². The van der Waals surface area contributed by atoms with Gasteiger partial charge in [-0.1, -0.05) is 17.8 Å². The summed E-state index contributed by atoms with van der Waals surface area (Å²) in [6.07, 6.45) is 2.79. The smallest absolute Gasteiger partial charge is 0.367 e. The highest BCUT2D eigenvalue weighted by Crippen LogP contribution is 2.29. The number of ether oxygens (including phenoxy) is 1. The molecule has 4 rings (SSSR count). The van der Waals surface area contributed by atoms with E-state index in [1.807, 2.05) is 18.2 Å². The number of carbonyl (C=O) groups excluding carboxylic acids is 1. The zero-order valence-corrected chi connectivity index (χ0v) is 18.2. The van der Waals surface area contributed by atoms with E-state index in [1.54, 1.807) is 17.9 Å². The molecular weight excluding hydrogens is 402 g/mol. The SMILES string of the molecule is COc1cccc(NC(=O)CSc2nc(=O)n(N3CCN(C)CC3)c3c2CCC3)c1. The molecule has 0 unspecified atom stereocenters. The Morgan fingerprint density at radius 1 is 1.23 bits per heavy atom. The number of likely N-dealkylation sites (N-methyl/N-ethyl adjacent to an activating group) is 1. The maximum absolute atomic E-state index is 12.9. The second kappa shape index (κ2) is 9.09. The molecule has 1 aromatic carbocycles. The molecule has 1 amide bonds. The fraction of sp³-hybridized carbons (Fsp3) is 0.476. The second-order valence-electron chi connectivity index (χ2n) is 7.62. The van der Waals surface area contributed by atoms with Gasteiger partial charge in [0.1, 0.15) is 10.8 Å². The van der Waals surface area contributed by atoms with Crippen LogP contribution in [-0.2, 0) is 17.6 Å². The topological polar surface area (TPSA) is 79.7 Å². The summed E-state index contributed by atoms with van der Waals surface area (Å²) >= 11 is 1.34. The van der Waals surface area contributed by atoms with E-state index in [2.05, 4.69) is 27.3 Å². The van der Waals surface area contributed by atoms with Gasteiger partial charge in [0.2, 0.25) is 5.91 Å². The molecule has 9 heteroatoms. The number of hydrogen-bond donors (Lipinski definition) is 1. The number of nitrogens with one attached hydrogen (secondary N) is 1. The lowest BCUT2D eigenvalue weighted by atomic mass is 10.3. The first-order valence-electron chi connectivity index (χ1n) is 10.2. The number of rotatable bonds is 6. The molecule has 0 saturated carbocycles. The lowest BCUT2D eigenvalue weighted by Gasteiger charge is -2.35. The van der Waals surface area contributed by atoms with Crippen LogP contribution >= 0.6 is 11.8 Å². The normalized spacial score (nSPS) is 16.4. The molecule has 1 aliphatic heterocycles. The summed E-state index contributed by atoms with van der Waals surface area (Å²) in [5.74, 6) is 0.756. The van der Waals surface area contributed by atoms with Crippen molar-refractivity contribution in [2.24, 2.45) is 0 Å². The average Bonchev–Trinajstić information content (AvgIpc) is 3.23. The molecule has 1 aliphatic carbocycles. The maximum atomic E-state index is 12.9. The number of nitrogens with zero attached hydrogens (tertiary/aromatic N) is 4. The van der Waals surface area contributed by atoms with Gasteiger partial charge in [-0.05, 0) is 38.4 Å². The van der Waals surface area contributed by atoms with Crippen molar-refractivity contribution >= 4 is 23.4 Å². The predicted molar refractivity (Wildman–Crippen MR) is 118 cm³/mol. The van der Waals surface area contributed by atoms with E-state index in [9.17, 15) is 9.59 Å².